The summed E-state index contributed by atoms with van der Waals surface area (Å²) in [7, 11) is 1.86. The van der Waals surface area contributed by atoms with Gasteiger partial charge in [0.05, 0.1) is 0 Å². The van der Waals surface area contributed by atoms with Gasteiger partial charge in [0.2, 0.25) is 5.82 Å². The molecule has 3 aromatic heterocycles. The molecular weight excluding hydrogens is 396 g/mol. The van der Waals surface area contributed by atoms with Crippen molar-refractivity contribution in [1.82, 2.24) is 34.6 Å². The van der Waals surface area contributed by atoms with Gasteiger partial charge in [-0.2, -0.15) is 9.61 Å². The summed E-state index contributed by atoms with van der Waals surface area (Å²) in [4.78, 5) is 0. The first-order valence-corrected chi connectivity index (χ1v) is 9.74. The predicted molar refractivity (Wildman–Crippen MR) is 105 cm³/mol. The molecule has 0 saturated carbocycles. The van der Waals surface area contributed by atoms with E-state index in [0.717, 1.165) is 10.1 Å². The van der Waals surface area contributed by atoms with Gasteiger partial charge >= 0.3 is 0 Å². The minimum atomic E-state index is -2.75. The average molecular weight is 415 g/mol. The zero-order chi connectivity index (χ0) is 20.8. The second-order valence-corrected chi connectivity index (χ2v) is 8.58. The summed E-state index contributed by atoms with van der Waals surface area (Å²) in [5.41, 5.74) is 2.52. The molecule has 0 aliphatic heterocycles. The quantitative estimate of drug-likeness (QED) is 0.495. The van der Waals surface area contributed by atoms with Crippen LogP contribution >= 0.6 is 11.8 Å². The van der Waals surface area contributed by atoms with Gasteiger partial charge in [0.25, 0.3) is 6.43 Å². The first-order chi connectivity index (χ1) is 13.7. The number of alkyl halides is 2. The fraction of sp³-hybridized carbons (Fsp3) is 0.316. The largest absolute Gasteiger partial charge is 0.305 e. The lowest BCUT2D eigenvalue weighted by molar-refractivity contribution is 0.137. The van der Waals surface area contributed by atoms with E-state index in [1.807, 2.05) is 23.7 Å². The van der Waals surface area contributed by atoms with Gasteiger partial charge in [0, 0.05) is 12.6 Å². The zero-order valence-electron chi connectivity index (χ0n) is 16.3. The van der Waals surface area contributed by atoms with Crippen LogP contribution in [0, 0.1) is 0 Å². The van der Waals surface area contributed by atoms with Crippen LogP contribution in [0.5, 0.6) is 0 Å². The summed E-state index contributed by atoms with van der Waals surface area (Å²) in [5, 5.41) is 21.0. The average Bonchev–Trinajstić information content (AvgIpc) is 3.25. The number of aromatic nitrogens is 7. The number of rotatable bonds is 4. The van der Waals surface area contributed by atoms with E-state index in [9.17, 15) is 8.78 Å². The van der Waals surface area contributed by atoms with E-state index in [1.165, 1.54) is 17.3 Å². The minimum Gasteiger partial charge on any atom is -0.305 e. The van der Waals surface area contributed by atoms with Crippen LogP contribution in [0.15, 0.2) is 46.6 Å². The molecule has 29 heavy (non-hydrogen) atoms. The van der Waals surface area contributed by atoms with Crippen LogP contribution in [0.4, 0.5) is 8.78 Å². The molecule has 0 radical (unpaired) electrons. The third-order valence-corrected chi connectivity index (χ3v) is 5.46. The summed E-state index contributed by atoms with van der Waals surface area (Å²) in [6, 6.07) is 11.5. The Morgan fingerprint density at radius 3 is 2.31 bits per heavy atom. The molecule has 4 rings (SSSR count). The zero-order valence-corrected chi connectivity index (χ0v) is 17.2. The molecule has 0 fully saturated rings. The molecule has 0 N–H and O–H groups in total. The van der Waals surface area contributed by atoms with Crippen molar-refractivity contribution in [2.45, 2.75) is 42.8 Å². The highest BCUT2D eigenvalue weighted by atomic mass is 32.2. The molecule has 3 heterocycles. The smallest absolute Gasteiger partial charge is 0.299 e. The van der Waals surface area contributed by atoms with Crippen molar-refractivity contribution < 1.29 is 8.78 Å². The number of hydrogen-bond acceptors (Lipinski definition) is 6. The Hall–Kier alpha value is -2.88. The molecule has 1 aromatic carbocycles. The van der Waals surface area contributed by atoms with Gasteiger partial charge in [-0.15, -0.1) is 20.4 Å². The van der Waals surface area contributed by atoms with E-state index in [0.29, 0.717) is 16.0 Å². The maximum atomic E-state index is 13.0. The van der Waals surface area contributed by atoms with Crippen molar-refractivity contribution in [3.63, 3.8) is 0 Å². The van der Waals surface area contributed by atoms with Gasteiger partial charge in [-0.3, -0.25) is 0 Å². The Balaban J connectivity index is 1.62. The topological polar surface area (TPSA) is 73.8 Å². The van der Waals surface area contributed by atoms with Crippen molar-refractivity contribution >= 4 is 17.4 Å². The Morgan fingerprint density at radius 2 is 1.66 bits per heavy atom. The minimum absolute atomic E-state index is 0.0724. The van der Waals surface area contributed by atoms with Gasteiger partial charge in [-0.05, 0) is 34.9 Å². The molecule has 0 aliphatic carbocycles. The fourth-order valence-electron chi connectivity index (χ4n) is 2.85. The predicted octanol–water partition coefficient (Wildman–Crippen LogP) is 4.31. The number of fused-ring (bicyclic) bond motifs is 1. The lowest BCUT2D eigenvalue weighted by Gasteiger charge is -2.19. The highest BCUT2D eigenvalue weighted by Gasteiger charge is 2.19. The fourth-order valence-corrected chi connectivity index (χ4v) is 3.60. The number of halogens is 2. The van der Waals surface area contributed by atoms with Crippen molar-refractivity contribution in [2.75, 3.05) is 0 Å². The molecule has 0 atom stereocenters. The molecule has 0 aliphatic rings. The second kappa shape index (κ2) is 7.18. The Bertz CT molecular complexity index is 1160. The van der Waals surface area contributed by atoms with E-state index in [-0.39, 0.29) is 11.1 Å². The third kappa shape index (κ3) is 3.71. The van der Waals surface area contributed by atoms with Gasteiger partial charge in [-0.1, -0.05) is 45.0 Å². The highest BCUT2D eigenvalue weighted by molar-refractivity contribution is 7.99. The van der Waals surface area contributed by atoms with Crippen molar-refractivity contribution in [1.29, 1.82) is 0 Å². The SMILES string of the molecule is Cn1c(Sc2ccc3nnc(C(F)F)n3n2)nnc1-c1ccc(C(C)(C)C)cc1. The molecule has 0 spiro atoms. The molecule has 0 unspecified atom stereocenters. The normalized spacial score (nSPS) is 12.2. The first-order valence-electron chi connectivity index (χ1n) is 8.93. The maximum absolute atomic E-state index is 13.0. The Morgan fingerprint density at radius 1 is 0.931 bits per heavy atom. The highest BCUT2D eigenvalue weighted by Crippen LogP contribution is 2.29. The van der Waals surface area contributed by atoms with Gasteiger partial charge in [-0.25, -0.2) is 8.78 Å². The van der Waals surface area contributed by atoms with Crippen LogP contribution in [0.1, 0.15) is 38.6 Å². The molecule has 0 saturated heterocycles. The summed E-state index contributed by atoms with van der Waals surface area (Å²) in [6.45, 7) is 6.49. The molecule has 0 bridgehead atoms. The molecule has 4 aromatic rings. The van der Waals surface area contributed by atoms with Gasteiger partial charge < -0.3 is 4.57 Å². The van der Waals surface area contributed by atoms with Crippen LogP contribution in [-0.4, -0.2) is 34.6 Å². The van der Waals surface area contributed by atoms with E-state index in [4.69, 9.17) is 0 Å². The van der Waals surface area contributed by atoms with Gasteiger partial charge in [0.1, 0.15) is 5.03 Å². The maximum Gasteiger partial charge on any atom is 0.299 e. The number of benzene rings is 1. The van der Waals surface area contributed by atoms with Gasteiger partial charge in [0.15, 0.2) is 16.6 Å². The summed E-state index contributed by atoms with van der Waals surface area (Å²) >= 11 is 1.23. The summed E-state index contributed by atoms with van der Waals surface area (Å²) in [6.07, 6.45) is -2.75. The number of nitrogens with zero attached hydrogens (tertiary/aromatic N) is 7. The van der Waals surface area contributed by atoms with E-state index in [2.05, 4.69) is 58.4 Å². The van der Waals surface area contributed by atoms with Crippen LogP contribution in [0.3, 0.4) is 0 Å². The van der Waals surface area contributed by atoms with E-state index in [1.54, 1.807) is 12.1 Å². The van der Waals surface area contributed by atoms with Crippen LogP contribution in [-0.2, 0) is 12.5 Å². The van der Waals surface area contributed by atoms with E-state index < -0.39 is 12.2 Å². The molecule has 7 nitrogen and oxygen atoms in total. The molecule has 150 valence electrons. The molecular formula is C19H19F2N7S. The number of hydrogen-bond donors (Lipinski definition) is 0. The van der Waals surface area contributed by atoms with Crippen molar-refractivity contribution in [2.24, 2.45) is 7.05 Å². The summed E-state index contributed by atoms with van der Waals surface area (Å²) in [5.74, 6) is 0.228. The summed E-state index contributed by atoms with van der Waals surface area (Å²) < 4.78 is 29.0. The first kappa shape index (κ1) is 19.4. The molecule has 10 heteroatoms. The lowest BCUT2D eigenvalue weighted by Crippen LogP contribution is -2.10. The van der Waals surface area contributed by atoms with Crippen molar-refractivity contribution in [3.8, 4) is 11.4 Å². The second-order valence-electron chi connectivity index (χ2n) is 7.60. The third-order valence-electron chi connectivity index (χ3n) is 4.50. The van der Waals surface area contributed by atoms with Crippen LogP contribution in [0.2, 0.25) is 0 Å². The monoisotopic (exact) mass is 415 g/mol. The van der Waals surface area contributed by atoms with Crippen LogP contribution < -0.4 is 0 Å². The van der Waals surface area contributed by atoms with Crippen molar-refractivity contribution in [3.05, 3.63) is 47.8 Å². The Labute approximate surface area is 170 Å². The van der Waals surface area contributed by atoms with E-state index >= 15 is 0 Å². The lowest BCUT2D eigenvalue weighted by atomic mass is 9.87. The molecule has 0 amide bonds. The Kier molecular flexibility index (Phi) is 4.81. The van der Waals surface area contributed by atoms with Crippen LogP contribution in [0.25, 0.3) is 17.0 Å². The standard InChI is InChI=1S/C19H19F2N7S/c1-19(2,3)12-7-5-11(6-8-12)16-23-25-18(27(16)4)29-14-10-9-13-22-24-17(15(20)21)28(13)26-14/h5-10,15H,1-4H3.